The van der Waals surface area contributed by atoms with Crippen LogP contribution >= 0.6 is 0 Å². The first-order chi connectivity index (χ1) is 9.72. The lowest BCUT2D eigenvalue weighted by atomic mass is 10.2. The Balaban J connectivity index is 1.95. The van der Waals surface area contributed by atoms with Gasteiger partial charge in [0.25, 0.3) is 5.56 Å². The van der Waals surface area contributed by atoms with Gasteiger partial charge in [0.15, 0.2) is 0 Å². The third-order valence-corrected chi connectivity index (χ3v) is 2.94. The zero-order valence-corrected chi connectivity index (χ0v) is 11.4. The first kappa shape index (κ1) is 14.2. The van der Waals surface area contributed by atoms with Gasteiger partial charge in [-0.05, 0) is 31.9 Å². The number of aromatic nitrogens is 3. The lowest BCUT2D eigenvalue weighted by Gasteiger charge is -2.04. The molecule has 0 spiro atoms. The number of hydrogen-bond donors (Lipinski definition) is 0. The van der Waals surface area contributed by atoms with Gasteiger partial charge in [-0.3, -0.25) is 9.59 Å². The molecule has 1 aromatic heterocycles. The third-order valence-electron chi connectivity index (χ3n) is 2.94. The average Bonchev–Trinajstić information content (AvgIpc) is 2.46. The fourth-order valence-corrected chi connectivity index (χ4v) is 1.93. The van der Waals surface area contributed by atoms with Crippen molar-refractivity contribution in [3.05, 3.63) is 34.6 Å². The van der Waals surface area contributed by atoms with E-state index in [0.717, 1.165) is 0 Å². The minimum atomic E-state index is -0.204. The number of ether oxygens (including phenoxy) is 1. The fourth-order valence-electron chi connectivity index (χ4n) is 1.93. The van der Waals surface area contributed by atoms with Crippen molar-refractivity contribution in [3.63, 3.8) is 0 Å². The maximum absolute atomic E-state index is 12.1. The van der Waals surface area contributed by atoms with E-state index in [1.165, 1.54) is 4.68 Å². The second kappa shape index (κ2) is 6.79. The largest absolute Gasteiger partial charge is 0.466 e. The van der Waals surface area contributed by atoms with E-state index in [4.69, 9.17) is 4.74 Å². The van der Waals surface area contributed by atoms with Crippen LogP contribution in [0.4, 0.5) is 0 Å². The summed E-state index contributed by atoms with van der Waals surface area (Å²) in [5.41, 5.74) is 0.451. The first-order valence-electron chi connectivity index (χ1n) is 6.70. The Morgan fingerprint density at radius 1 is 1.30 bits per heavy atom. The van der Waals surface area contributed by atoms with Crippen molar-refractivity contribution in [3.8, 4) is 0 Å². The third kappa shape index (κ3) is 3.40. The highest BCUT2D eigenvalue weighted by Crippen LogP contribution is 2.04. The van der Waals surface area contributed by atoms with E-state index < -0.39 is 0 Å². The van der Waals surface area contributed by atoms with Gasteiger partial charge in [-0.15, -0.1) is 5.10 Å². The van der Waals surface area contributed by atoms with Crippen molar-refractivity contribution in [2.24, 2.45) is 0 Å². The van der Waals surface area contributed by atoms with Gasteiger partial charge in [-0.25, -0.2) is 4.68 Å². The molecule has 6 nitrogen and oxygen atoms in total. The standard InChI is InChI=1S/C14H17N3O3/c1-2-20-13(18)9-5-6-10-17-14(19)11-7-3-4-8-12(11)15-16-17/h3-4,7-8H,2,5-6,9-10H2,1H3. The number of esters is 1. The van der Waals surface area contributed by atoms with Gasteiger partial charge < -0.3 is 4.74 Å². The quantitative estimate of drug-likeness (QED) is 0.590. The number of rotatable bonds is 6. The van der Waals surface area contributed by atoms with Crippen LogP contribution in [0.2, 0.25) is 0 Å². The molecule has 0 aliphatic rings. The van der Waals surface area contributed by atoms with E-state index in [1.54, 1.807) is 25.1 Å². The van der Waals surface area contributed by atoms with Gasteiger partial charge in [-0.1, -0.05) is 17.3 Å². The summed E-state index contributed by atoms with van der Waals surface area (Å²) < 4.78 is 6.18. The number of hydrogen-bond acceptors (Lipinski definition) is 5. The van der Waals surface area contributed by atoms with Crippen LogP contribution in [0, 0.1) is 0 Å². The lowest BCUT2D eigenvalue weighted by molar-refractivity contribution is -0.143. The maximum Gasteiger partial charge on any atom is 0.305 e. The lowest BCUT2D eigenvalue weighted by Crippen LogP contribution is -2.24. The van der Waals surface area contributed by atoms with Gasteiger partial charge in [-0.2, -0.15) is 0 Å². The summed E-state index contributed by atoms with van der Waals surface area (Å²) in [5, 5.41) is 8.47. The zero-order chi connectivity index (χ0) is 14.4. The molecule has 0 aliphatic carbocycles. The summed E-state index contributed by atoms with van der Waals surface area (Å²) in [4.78, 5) is 23.3. The van der Waals surface area contributed by atoms with Gasteiger partial charge in [0.2, 0.25) is 0 Å². The molecule has 6 heteroatoms. The molecule has 0 bridgehead atoms. The molecular formula is C14H17N3O3. The molecule has 2 rings (SSSR count). The molecule has 0 fully saturated rings. The maximum atomic E-state index is 12.1. The Bertz CT molecular complexity index is 651. The summed E-state index contributed by atoms with van der Waals surface area (Å²) in [5.74, 6) is -0.204. The minimum absolute atomic E-state index is 0.147. The summed E-state index contributed by atoms with van der Waals surface area (Å²) in [6.45, 7) is 2.63. The summed E-state index contributed by atoms with van der Waals surface area (Å²) in [6.07, 6.45) is 1.72. The Hall–Kier alpha value is -2.24. The monoisotopic (exact) mass is 275 g/mol. The van der Waals surface area contributed by atoms with Crippen LogP contribution in [0.25, 0.3) is 10.9 Å². The van der Waals surface area contributed by atoms with Crippen molar-refractivity contribution >= 4 is 16.9 Å². The van der Waals surface area contributed by atoms with Gasteiger partial charge in [0.05, 0.1) is 12.0 Å². The van der Waals surface area contributed by atoms with E-state index in [1.807, 2.05) is 6.07 Å². The number of benzene rings is 1. The van der Waals surface area contributed by atoms with Crippen LogP contribution in [-0.4, -0.2) is 27.6 Å². The second-order valence-corrected chi connectivity index (χ2v) is 4.40. The predicted molar refractivity (Wildman–Crippen MR) is 74.3 cm³/mol. The summed E-state index contributed by atoms with van der Waals surface area (Å²) in [7, 11) is 0. The molecule has 0 radical (unpaired) electrons. The summed E-state index contributed by atoms with van der Waals surface area (Å²) in [6, 6.07) is 7.12. The van der Waals surface area contributed by atoms with Crippen LogP contribution in [-0.2, 0) is 16.1 Å². The van der Waals surface area contributed by atoms with E-state index in [9.17, 15) is 9.59 Å². The second-order valence-electron chi connectivity index (χ2n) is 4.40. The highest BCUT2D eigenvalue weighted by molar-refractivity contribution is 5.76. The Labute approximate surface area is 116 Å². The Morgan fingerprint density at radius 2 is 2.10 bits per heavy atom. The Kier molecular flexibility index (Phi) is 4.81. The minimum Gasteiger partial charge on any atom is -0.466 e. The number of carbonyl (C=O) groups excluding carboxylic acids is 1. The molecule has 0 saturated heterocycles. The van der Waals surface area contributed by atoms with Crippen LogP contribution in [0.3, 0.4) is 0 Å². The fraction of sp³-hybridized carbons (Fsp3) is 0.429. The molecule has 0 saturated carbocycles. The zero-order valence-electron chi connectivity index (χ0n) is 11.4. The van der Waals surface area contributed by atoms with Crippen LogP contribution in [0.15, 0.2) is 29.1 Å². The molecule has 106 valence electrons. The van der Waals surface area contributed by atoms with Crippen molar-refractivity contribution in [2.75, 3.05) is 6.61 Å². The van der Waals surface area contributed by atoms with E-state index in [0.29, 0.717) is 43.3 Å². The normalized spacial score (nSPS) is 10.7. The number of aryl methyl sites for hydroxylation is 1. The van der Waals surface area contributed by atoms with Crippen LogP contribution < -0.4 is 5.56 Å². The predicted octanol–water partition coefficient (Wildman–Crippen LogP) is 1.52. The van der Waals surface area contributed by atoms with Crippen LogP contribution in [0.1, 0.15) is 26.2 Å². The molecule has 0 unspecified atom stereocenters. The molecule has 2 aromatic rings. The van der Waals surface area contributed by atoms with E-state index in [2.05, 4.69) is 10.3 Å². The van der Waals surface area contributed by atoms with Gasteiger partial charge in [0.1, 0.15) is 5.52 Å². The van der Waals surface area contributed by atoms with Crippen molar-refractivity contribution in [1.82, 2.24) is 15.0 Å². The highest BCUT2D eigenvalue weighted by Gasteiger charge is 2.05. The molecule has 20 heavy (non-hydrogen) atoms. The average molecular weight is 275 g/mol. The van der Waals surface area contributed by atoms with E-state index >= 15 is 0 Å². The number of carbonyl (C=O) groups is 1. The highest BCUT2D eigenvalue weighted by atomic mass is 16.5. The molecule has 1 aromatic carbocycles. The molecule has 1 heterocycles. The molecule has 0 amide bonds. The molecule has 0 atom stereocenters. The SMILES string of the molecule is CCOC(=O)CCCCn1nnc2ccccc2c1=O. The van der Waals surface area contributed by atoms with Crippen LogP contribution in [0.5, 0.6) is 0 Å². The number of nitrogens with zero attached hydrogens (tertiary/aromatic N) is 3. The number of fused-ring (bicyclic) bond motifs is 1. The van der Waals surface area contributed by atoms with Crippen molar-refractivity contribution < 1.29 is 9.53 Å². The van der Waals surface area contributed by atoms with Gasteiger partial charge >= 0.3 is 5.97 Å². The van der Waals surface area contributed by atoms with Crippen molar-refractivity contribution in [2.45, 2.75) is 32.7 Å². The Morgan fingerprint density at radius 3 is 2.90 bits per heavy atom. The topological polar surface area (TPSA) is 74.1 Å². The smallest absolute Gasteiger partial charge is 0.305 e. The van der Waals surface area contributed by atoms with Crippen molar-refractivity contribution in [1.29, 1.82) is 0 Å². The first-order valence-corrected chi connectivity index (χ1v) is 6.70. The van der Waals surface area contributed by atoms with E-state index in [-0.39, 0.29) is 11.5 Å². The molecule has 0 aliphatic heterocycles. The molecule has 0 N–H and O–H groups in total. The molecular weight excluding hydrogens is 258 g/mol. The van der Waals surface area contributed by atoms with Gasteiger partial charge in [0, 0.05) is 13.0 Å². The number of unbranched alkanes of at least 4 members (excludes halogenated alkanes) is 1. The summed E-state index contributed by atoms with van der Waals surface area (Å²) >= 11 is 0.